The molecule has 0 fully saturated rings. The normalized spacial score (nSPS) is 15.4. The lowest BCUT2D eigenvalue weighted by molar-refractivity contribution is 0.601. The monoisotopic (exact) mass is 602 g/mol. The van der Waals surface area contributed by atoms with Crippen LogP contribution in [0.4, 0.5) is 0 Å². The second kappa shape index (κ2) is 8.81. The Balaban J connectivity index is 1.22. The number of rotatable bonds is 2. The van der Waals surface area contributed by atoms with Crippen LogP contribution < -0.4 is 0 Å². The lowest BCUT2D eigenvalue weighted by atomic mass is 9.72. The fourth-order valence-corrected chi connectivity index (χ4v) is 10.5. The van der Waals surface area contributed by atoms with Crippen molar-refractivity contribution in [2.24, 2.45) is 0 Å². The van der Waals surface area contributed by atoms with E-state index >= 15 is 0 Å². The Bertz CT molecular complexity index is 2120. The Morgan fingerprint density at radius 3 is 1.30 bits per heavy atom. The van der Waals surface area contributed by atoms with Gasteiger partial charge in [0.25, 0.3) is 0 Å². The highest BCUT2D eigenvalue weighted by Crippen LogP contribution is 2.61. The summed E-state index contributed by atoms with van der Waals surface area (Å²) < 4.78 is 2.71. The molecule has 2 aliphatic carbocycles. The van der Waals surface area contributed by atoms with Crippen LogP contribution in [0.5, 0.6) is 0 Å². The summed E-state index contributed by atoms with van der Waals surface area (Å²) in [6.07, 6.45) is 0. The highest BCUT2D eigenvalue weighted by molar-refractivity contribution is 7.22. The van der Waals surface area contributed by atoms with Gasteiger partial charge in [-0.2, -0.15) is 0 Å². The summed E-state index contributed by atoms with van der Waals surface area (Å²) in [7, 11) is 0. The first-order valence-corrected chi connectivity index (χ1v) is 17.2. The maximum Gasteiger partial charge on any atom is 0.0355 e. The van der Waals surface area contributed by atoms with Crippen LogP contribution in [0, 0.1) is 13.8 Å². The van der Waals surface area contributed by atoms with Crippen molar-refractivity contribution in [1.82, 2.24) is 0 Å². The molecule has 0 saturated heterocycles. The van der Waals surface area contributed by atoms with E-state index in [9.17, 15) is 0 Å². The van der Waals surface area contributed by atoms with Crippen molar-refractivity contribution < 1.29 is 0 Å². The molecule has 0 radical (unpaired) electrons. The van der Waals surface area contributed by atoms with Gasteiger partial charge in [0, 0.05) is 30.0 Å². The van der Waals surface area contributed by atoms with E-state index in [1.807, 2.05) is 22.7 Å². The molecule has 7 aromatic rings. The zero-order valence-electron chi connectivity index (χ0n) is 26.1. The van der Waals surface area contributed by atoms with Gasteiger partial charge in [0.2, 0.25) is 0 Å². The van der Waals surface area contributed by atoms with Gasteiger partial charge >= 0.3 is 0 Å². The lowest BCUT2D eigenvalue weighted by Gasteiger charge is -2.31. The fraction of sp³-hybridized carbons (Fsp3) is 0.190. The van der Waals surface area contributed by atoms with Gasteiger partial charge in [-0.25, -0.2) is 0 Å². The van der Waals surface area contributed by atoms with Crippen LogP contribution in [0.1, 0.15) is 61.1 Å². The smallest absolute Gasteiger partial charge is 0.0355 e. The average Bonchev–Trinajstić information content (AvgIpc) is 3.73. The van der Waals surface area contributed by atoms with Crippen LogP contribution in [0.2, 0.25) is 0 Å². The minimum atomic E-state index is -0.102. The first-order valence-electron chi connectivity index (χ1n) is 15.6. The second-order valence-electron chi connectivity index (χ2n) is 13.9. The van der Waals surface area contributed by atoms with E-state index in [-0.39, 0.29) is 10.8 Å². The van der Waals surface area contributed by atoms with E-state index in [2.05, 4.69) is 139 Å². The Labute approximate surface area is 267 Å². The molecule has 0 amide bonds. The van der Waals surface area contributed by atoms with E-state index in [4.69, 9.17) is 0 Å². The summed E-state index contributed by atoms with van der Waals surface area (Å²) in [6.45, 7) is 14.5. The summed E-state index contributed by atoms with van der Waals surface area (Å²) in [6, 6.07) is 36.9. The summed E-state index contributed by atoms with van der Waals surface area (Å²) in [4.78, 5) is 2.71. The third-order valence-corrected chi connectivity index (χ3v) is 12.8. The Morgan fingerprint density at radius 2 is 0.886 bits per heavy atom. The SMILES string of the molecule is Cc1cc(-c2cc3ccccc3s2)cc2c1-c1ccc3c(c1C2(C)C)C(C)(C)c1cc(-c2cc4ccccc4s2)cc(C)c1-3. The highest BCUT2D eigenvalue weighted by Gasteiger charge is 2.46. The van der Waals surface area contributed by atoms with E-state index in [1.54, 1.807) is 0 Å². The predicted octanol–water partition coefficient (Wildman–Crippen LogP) is 12.7. The number of hydrogen-bond donors (Lipinski definition) is 0. The van der Waals surface area contributed by atoms with E-state index in [1.165, 1.54) is 96.7 Å². The van der Waals surface area contributed by atoms with Crippen molar-refractivity contribution in [3.05, 3.63) is 130 Å². The van der Waals surface area contributed by atoms with Gasteiger partial charge in [-0.1, -0.05) is 76.2 Å². The van der Waals surface area contributed by atoms with Crippen molar-refractivity contribution >= 4 is 42.8 Å². The molecule has 9 rings (SSSR count). The van der Waals surface area contributed by atoms with Crippen molar-refractivity contribution in [3.63, 3.8) is 0 Å². The molecular formula is C42H34S2. The van der Waals surface area contributed by atoms with Crippen molar-refractivity contribution in [2.75, 3.05) is 0 Å². The minimum Gasteiger partial charge on any atom is -0.135 e. The summed E-state index contributed by atoms with van der Waals surface area (Å²) in [5.41, 5.74) is 16.9. The topological polar surface area (TPSA) is 0 Å². The van der Waals surface area contributed by atoms with Crippen LogP contribution >= 0.6 is 22.7 Å². The summed E-state index contributed by atoms with van der Waals surface area (Å²) in [5, 5.41) is 2.66. The van der Waals surface area contributed by atoms with E-state index < -0.39 is 0 Å². The Hall–Kier alpha value is -3.98. The van der Waals surface area contributed by atoms with Gasteiger partial charge in [0.1, 0.15) is 0 Å². The van der Waals surface area contributed by atoms with Gasteiger partial charge in [0.05, 0.1) is 0 Å². The van der Waals surface area contributed by atoms with Crippen LogP contribution in [0.25, 0.3) is 63.3 Å². The first-order chi connectivity index (χ1) is 21.1. The Kier molecular flexibility index (Phi) is 5.29. The molecule has 0 N–H and O–H groups in total. The molecule has 2 aliphatic rings. The van der Waals surface area contributed by atoms with E-state index in [0.717, 1.165) is 0 Å². The maximum absolute atomic E-state index is 2.50. The fourth-order valence-electron chi connectivity index (χ4n) is 8.40. The third kappa shape index (κ3) is 3.44. The second-order valence-corrected chi connectivity index (χ2v) is 16.1. The van der Waals surface area contributed by atoms with Crippen LogP contribution in [-0.2, 0) is 10.8 Å². The highest BCUT2D eigenvalue weighted by atomic mass is 32.1. The van der Waals surface area contributed by atoms with Crippen molar-refractivity contribution in [1.29, 1.82) is 0 Å². The van der Waals surface area contributed by atoms with Crippen LogP contribution in [-0.4, -0.2) is 0 Å². The van der Waals surface area contributed by atoms with E-state index in [0.29, 0.717) is 0 Å². The summed E-state index contributed by atoms with van der Waals surface area (Å²) in [5.74, 6) is 0. The standard InChI is InChI=1S/C42H34S2/c1-23-17-27(35-21-25-11-7-9-13-33(25)43-35)19-31-37(23)29-15-16-30-38-24(2)18-28(36-22-26-12-8-10-14-34(26)44-36)20-32(38)42(5,6)40(30)39(29)41(31,3)4/h7-22H,1-6H3. The molecule has 2 aromatic heterocycles. The predicted molar refractivity (Wildman–Crippen MR) is 193 cm³/mol. The zero-order chi connectivity index (χ0) is 30.1. The molecule has 5 aromatic carbocycles. The molecule has 2 heterocycles. The molecule has 0 aliphatic heterocycles. The molecule has 0 spiro atoms. The maximum atomic E-state index is 2.50. The molecule has 44 heavy (non-hydrogen) atoms. The Morgan fingerprint density at radius 1 is 0.477 bits per heavy atom. The number of thiophene rings is 2. The van der Waals surface area contributed by atoms with Crippen LogP contribution in [0.15, 0.2) is 97.1 Å². The number of fused-ring (bicyclic) bond motifs is 9. The molecule has 0 bridgehead atoms. The number of hydrogen-bond acceptors (Lipinski definition) is 2. The zero-order valence-corrected chi connectivity index (χ0v) is 27.7. The molecular weight excluding hydrogens is 569 g/mol. The molecule has 0 saturated carbocycles. The van der Waals surface area contributed by atoms with Crippen molar-refractivity contribution in [2.45, 2.75) is 52.4 Å². The average molecular weight is 603 g/mol. The minimum absolute atomic E-state index is 0.102. The van der Waals surface area contributed by atoms with Crippen molar-refractivity contribution in [3.8, 4) is 43.1 Å². The molecule has 0 nitrogen and oxygen atoms in total. The molecule has 2 heteroatoms. The quantitative estimate of drug-likeness (QED) is 0.185. The van der Waals surface area contributed by atoms with Gasteiger partial charge in [0.15, 0.2) is 0 Å². The van der Waals surface area contributed by atoms with Gasteiger partial charge in [-0.3, -0.25) is 0 Å². The molecule has 0 unspecified atom stereocenters. The summed E-state index contributed by atoms with van der Waals surface area (Å²) >= 11 is 3.81. The molecule has 214 valence electrons. The largest absolute Gasteiger partial charge is 0.135 e. The van der Waals surface area contributed by atoms with Gasteiger partial charge in [-0.05, 0) is 140 Å². The third-order valence-electron chi connectivity index (χ3n) is 10.4. The lowest BCUT2D eigenvalue weighted by Crippen LogP contribution is -2.24. The van der Waals surface area contributed by atoms with Crippen LogP contribution in [0.3, 0.4) is 0 Å². The van der Waals surface area contributed by atoms with Gasteiger partial charge in [-0.15, -0.1) is 22.7 Å². The molecule has 0 atom stereocenters. The number of aryl methyl sites for hydroxylation is 2. The number of benzene rings is 5. The first kappa shape index (κ1) is 26.4. The van der Waals surface area contributed by atoms with Gasteiger partial charge < -0.3 is 0 Å².